The predicted molar refractivity (Wildman–Crippen MR) is 89.0 cm³/mol. The van der Waals surface area contributed by atoms with E-state index < -0.39 is 0 Å². The maximum atomic E-state index is 6.32. The van der Waals surface area contributed by atoms with E-state index in [0.717, 1.165) is 32.3 Å². The van der Waals surface area contributed by atoms with Crippen molar-refractivity contribution in [3.8, 4) is 17.1 Å². The third-order valence-electron chi connectivity index (χ3n) is 3.26. The average Bonchev–Trinajstić information content (AvgIpc) is 2.48. The highest BCUT2D eigenvalue weighted by Crippen LogP contribution is 2.30. The minimum Gasteiger partial charge on any atom is -0.497 e. The Labute approximate surface area is 136 Å². The largest absolute Gasteiger partial charge is 0.497 e. The fourth-order valence-electron chi connectivity index (χ4n) is 2.19. The molecular formula is C16H12BrClN2O. The normalized spacial score (nSPS) is 10.9. The first-order chi connectivity index (χ1) is 10.1. The van der Waals surface area contributed by atoms with E-state index in [-0.39, 0.29) is 0 Å². The molecule has 21 heavy (non-hydrogen) atoms. The van der Waals surface area contributed by atoms with Gasteiger partial charge in [0.05, 0.1) is 12.6 Å². The van der Waals surface area contributed by atoms with Crippen molar-refractivity contribution in [1.82, 2.24) is 9.97 Å². The van der Waals surface area contributed by atoms with E-state index >= 15 is 0 Å². The molecule has 0 spiro atoms. The second-order valence-electron chi connectivity index (χ2n) is 4.69. The quantitative estimate of drug-likeness (QED) is 0.599. The van der Waals surface area contributed by atoms with Crippen molar-refractivity contribution in [2.75, 3.05) is 7.11 Å². The third-order valence-corrected chi connectivity index (χ3v) is 4.00. The van der Waals surface area contributed by atoms with Crippen LogP contribution in [-0.4, -0.2) is 17.1 Å². The van der Waals surface area contributed by atoms with Crippen LogP contribution in [0.15, 0.2) is 40.9 Å². The molecule has 1 heterocycles. The average molecular weight is 364 g/mol. The number of rotatable bonds is 2. The second kappa shape index (κ2) is 5.62. The van der Waals surface area contributed by atoms with Gasteiger partial charge in [-0.15, -0.1) is 0 Å². The van der Waals surface area contributed by atoms with Crippen molar-refractivity contribution in [3.05, 3.63) is 51.6 Å². The molecule has 0 fully saturated rings. The van der Waals surface area contributed by atoms with Crippen molar-refractivity contribution in [1.29, 1.82) is 0 Å². The summed E-state index contributed by atoms with van der Waals surface area (Å²) < 4.78 is 6.13. The molecule has 5 heteroatoms. The van der Waals surface area contributed by atoms with Crippen LogP contribution in [0.4, 0.5) is 0 Å². The van der Waals surface area contributed by atoms with Crippen LogP contribution in [0, 0.1) is 6.92 Å². The first-order valence-electron chi connectivity index (χ1n) is 6.36. The number of fused-ring (bicyclic) bond motifs is 1. The predicted octanol–water partition coefficient (Wildman–Crippen LogP) is 5.03. The summed E-state index contributed by atoms with van der Waals surface area (Å²) in [5.41, 5.74) is 2.82. The lowest BCUT2D eigenvalue weighted by atomic mass is 10.1. The molecule has 3 rings (SSSR count). The molecule has 106 valence electrons. The minimum atomic E-state index is 0.454. The van der Waals surface area contributed by atoms with E-state index in [9.17, 15) is 0 Å². The second-order valence-corrected chi connectivity index (χ2v) is 5.96. The van der Waals surface area contributed by atoms with Crippen LogP contribution in [-0.2, 0) is 0 Å². The molecule has 1 aromatic heterocycles. The lowest BCUT2D eigenvalue weighted by molar-refractivity contribution is 0.415. The number of hydrogen-bond donors (Lipinski definition) is 0. The highest BCUT2D eigenvalue weighted by atomic mass is 79.9. The van der Waals surface area contributed by atoms with Gasteiger partial charge in [-0.25, -0.2) is 9.97 Å². The van der Waals surface area contributed by atoms with Crippen LogP contribution in [0.3, 0.4) is 0 Å². The minimum absolute atomic E-state index is 0.454. The molecule has 0 N–H and O–H groups in total. The van der Waals surface area contributed by atoms with Gasteiger partial charge in [0.1, 0.15) is 10.9 Å². The van der Waals surface area contributed by atoms with Crippen molar-refractivity contribution < 1.29 is 4.74 Å². The van der Waals surface area contributed by atoms with Gasteiger partial charge in [-0.05, 0) is 48.9 Å². The molecule has 0 aliphatic rings. The van der Waals surface area contributed by atoms with Gasteiger partial charge in [-0.1, -0.05) is 27.5 Å². The van der Waals surface area contributed by atoms with Crippen molar-refractivity contribution >= 4 is 38.4 Å². The molecule has 0 amide bonds. The lowest BCUT2D eigenvalue weighted by Crippen LogP contribution is -1.94. The smallest absolute Gasteiger partial charge is 0.161 e. The Morgan fingerprint density at radius 2 is 1.81 bits per heavy atom. The Bertz CT molecular complexity index is 819. The number of ether oxygens (including phenoxy) is 1. The summed E-state index contributed by atoms with van der Waals surface area (Å²) in [4.78, 5) is 9.05. The first-order valence-corrected chi connectivity index (χ1v) is 7.53. The SMILES string of the molecule is COc1ccc(-c2nc(Cl)c3cc(Br)cc(C)c3n2)cc1. The maximum absolute atomic E-state index is 6.32. The van der Waals surface area contributed by atoms with Gasteiger partial charge in [0.15, 0.2) is 5.82 Å². The van der Waals surface area contributed by atoms with Crippen LogP contribution in [0.1, 0.15) is 5.56 Å². The topological polar surface area (TPSA) is 35.0 Å². The van der Waals surface area contributed by atoms with Crippen LogP contribution in [0.5, 0.6) is 5.75 Å². The fraction of sp³-hybridized carbons (Fsp3) is 0.125. The maximum Gasteiger partial charge on any atom is 0.161 e. The van der Waals surface area contributed by atoms with Crippen LogP contribution in [0.25, 0.3) is 22.3 Å². The van der Waals surface area contributed by atoms with Gasteiger partial charge < -0.3 is 4.74 Å². The molecule has 0 aliphatic carbocycles. The van der Waals surface area contributed by atoms with E-state index in [2.05, 4.69) is 25.9 Å². The summed E-state index contributed by atoms with van der Waals surface area (Å²) in [7, 11) is 1.64. The fourth-order valence-corrected chi connectivity index (χ4v) is 2.99. The Morgan fingerprint density at radius 3 is 2.48 bits per heavy atom. The van der Waals surface area contributed by atoms with Gasteiger partial charge in [-0.3, -0.25) is 0 Å². The Morgan fingerprint density at radius 1 is 1.10 bits per heavy atom. The number of aryl methyl sites for hydroxylation is 1. The molecule has 3 aromatic rings. The Balaban J connectivity index is 2.19. The number of nitrogens with zero attached hydrogens (tertiary/aromatic N) is 2. The number of benzene rings is 2. The summed E-state index contributed by atoms with van der Waals surface area (Å²) in [6.45, 7) is 2.01. The van der Waals surface area contributed by atoms with E-state index in [1.807, 2.05) is 43.3 Å². The lowest BCUT2D eigenvalue weighted by Gasteiger charge is -2.08. The van der Waals surface area contributed by atoms with Gasteiger partial charge in [0.25, 0.3) is 0 Å². The van der Waals surface area contributed by atoms with E-state index in [0.29, 0.717) is 11.0 Å². The summed E-state index contributed by atoms with van der Waals surface area (Å²) >= 11 is 9.79. The van der Waals surface area contributed by atoms with Gasteiger partial charge in [0, 0.05) is 15.4 Å². The van der Waals surface area contributed by atoms with Gasteiger partial charge in [0.2, 0.25) is 0 Å². The molecule has 0 saturated heterocycles. The zero-order valence-corrected chi connectivity index (χ0v) is 13.9. The monoisotopic (exact) mass is 362 g/mol. The molecule has 0 radical (unpaired) electrons. The van der Waals surface area contributed by atoms with Crippen LogP contribution in [0.2, 0.25) is 5.15 Å². The summed E-state index contributed by atoms with van der Waals surface area (Å²) in [6.07, 6.45) is 0. The summed E-state index contributed by atoms with van der Waals surface area (Å²) in [5, 5.41) is 1.30. The molecule has 0 unspecified atom stereocenters. The molecule has 0 bridgehead atoms. The number of methoxy groups -OCH3 is 1. The number of hydrogen-bond acceptors (Lipinski definition) is 3. The Kier molecular flexibility index (Phi) is 3.83. The first kappa shape index (κ1) is 14.3. The summed E-state index contributed by atoms with van der Waals surface area (Å²) in [6, 6.07) is 11.6. The molecule has 0 aliphatic heterocycles. The van der Waals surface area contributed by atoms with E-state index in [1.54, 1.807) is 7.11 Å². The molecule has 2 aromatic carbocycles. The number of aromatic nitrogens is 2. The van der Waals surface area contributed by atoms with Crippen LogP contribution < -0.4 is 4.74 Å². The standard InChI is InChI=1S/C16H12BrClN2O/c1-9-7-11(17)8-13-14(9)19-16(20-15(13)18)10-3-5-12(21-2)6-4-10/h3-8H,1-2H3. The third kappa shape index (κ3) is 2.74. The van der Waals surface area contributed by atoms with E-state index in [4.69, 9.17) is 16.3 Å². The molecule has 0 saturated carbocycles. The highest BCUT2D eigenvalue weighted by molar-refractivity contribution is 9.10. The number of halogens is 2. The Hall–Kier alpha value is -1.65. The van der Waals surface area contributed by atoms with Crippen molar-refractivity contribution in [2.24, 2.45) is 0 Å². The molecule has 0 atom stereocenters. The zero-order valence-electron chi connectivity index (χ0n) is 11.5. The van der Waals surface area contributed by atoms with Gasteiger partial charge >= 0.3 is 0 Å². The van der Waals surface area contributed by atoms with Crippen molar-refractivity contribution in [3.63, 3.8) is 0 Å². The van der Waals surface area contributed by atoms with Crippen molar-refractivity contribution in [2.45, 2.75) is 6.92 Å². The molecule has 3 nitrogen and oxygen atoms in total. The van der Waals surface area contributed by atoms with Gasteiger partial charge in [-0.2, -0.15) is 0 Å². The van der Waals surface area contributed by atoms with E-state index in [1.165, 1.54) is 0 Å². The zero-order chi connectivity index (χ0) is 15.0. The van der Waals surface area contributed by atoms with Crippen LogP contribution >= 0.6 is 27.5 Å². The molecular weight excluding hydrogens is 352 g/mol. The highest BCUT2D eigenvalue weighted by Gasteiger charge is 2.10. The summed E-state index contributed by atoms with van der Waals surface area (Å²) in [5.74, 6) is 1.41.